The van der Waals surface area contributed by atoms with Crippen molar-refractivity contribution in [2.75, 3.05) is 6.80 Å². The van der Waals surface area contributed by atoms with Gasteiger partial charge in [-0.2, -0.15) is 0 Å². The van der Waals surface area contributed by atoms with E-state index in [0.29, 0.717) is 0 Å². The summed E-state index contributed by atoms with van der Waals surface area (Å²) in [5.41, 5.74) is 4.18. The topological polar surface area (TPSA) is 26.0 Å². The molecule has 0 amide bonds. The molecule has 110 valence electrons. The molecule has 0 aliphatic heterocycles. The molecule has 0 spiro atoms. The van der Waals surface area contributed by atoms with E-state index in [1.165, 1.54) is 19.3 Å². The van der Waals surface area contributed by atoms with Crippen molar-refractivity contribution in [3.63, 3.8) is 0 Å². The van der Waals surface area contributed by atoms with Crippen LogP contribution in [0.1, 0.15) is 60.8 Å². The minimum absolute atomic E-state index is 0.750. The van der Waals surface area contributed by atoms with E-state index in [9.17, 15) is 4.39 Å². The van der Waals surface area contributed by atoms with Gasteiger partial charge in [0.1, 0.15) is 6.80 Å². The standard InChI is InChI=1S/C6H6.C5H12.2C2H6.CH4FN/c1-2-4-6-5-3-1;1-3-5-4-2;2*1-2;2-1-3/h1-6H;3-5H2,1-2H3;2*1-2H3;1,3H2. The van der Waals surface area contributed by atoms with E-state index in [1.54, 1.807) is 0 Å². The second-order valence-electron chi connectivity index (χ2n) is 2.66. The molecule has 1 nitrogen and oxygen atoms in total. The summed E-state index contributed by atoms with van der Waals surface area (Å²) in [6.45, 7) is 11.7. The van der Waals surface area contributed by atoms with Gasteiger partial charge in [0.2, 0.25) is 0 Å². The third kappa shape index (κ3) is 59.5. The minimum Gasteiger partial charge on any atom is -0.304 e. The molecule has 2 heteroatoms. The summed E-state index contributed by atoms with van der Waals surface area (Å²) in [6, 6.07) is 12.0. The lowest BCUT2D eigenvalue weighted by molar-refractivity contribution is 0.510. The maximum absolute atomic E-state index is 10.1. The highest BCUT2D eigenvalue weighted by molar-refractivity contribution is 4.99. The zero-order valence-electron chi connectivity index (χ0n) is 13.2. The Balaban J connectivity index is -0.0000000746. The Morgan fingerprint density at radius 1 is 0.722 bits per heavy atom. The summed E-state index contributed by atoms with van der Waals surface area (Å²) in [7, 11) is 0. The number of alkyl halides is 1. The van der Waals surface area contributed by atoms with Crippen LogP contribution >= 0.6 is 0 Å². The van der Waals surface area contributed by atoms with Crippen LogP contribution in [0.25, 0.3) is 0 Å². The van der Waals surface area contributed by atoms with Gasteiger partial charge in [0.15, 0.2) is 0 Å². The molecule has 1 rings (SSSR count). The molecule has 18 heavy (non-hydrogen) atoms. The van der Waals surface area contributed by atoms with Crippen LogP contribution in [-0.4, -0.2) is 6.80 Å². The van der Waals surface area contributed by atoms with E-state index in [0.717, 1.165) is 0 Å². The fraction of sp³-hybridized carbons (Fsp3) is 0.625. The molecule has 0 aliphatic rings. The Morgan fingerprint density at radius 3 is 0.944 bits per heavy atom. The molecule has 0 atom stereocenters. The molecule has 0 fully saturated rings. The highest BCUT2D eigenvalue weighted by atomic mass is 19.1. The summed E-state index contributed by atoms with van der Waals surface area (Å²) in [5.74, 6) is 0. The smallest absolute Gasteiger partial charge is 0.138 e. The second-order valence-corrected chi connectivity index (χ2v) is 2.66. The SMILES string of the molecule is CC.CC.CCCCC.NCF.c1ccccc1. The lowest BCUT2D eigenvalue weighted by Gasteiger charge is -1.79. The summed E-state index contributed by atoms with van der Waals surface area (Å²) >= 11 is 0. The molecule has 1 aromatic rings. The molecular weight excluding hydrogens is 225 g/mol. The number of rotatable bonds is 2. The molecular formula is C16H34FN. The van der Waals surface area contributed by atoms with E-state index in [2.05, 4.69) is 19.6 Å². The van der Waals surface area contributed by atoms with Gasteiger partial charge in [0.05, 0.1) is 0 Å². The number of nitrogens with two attached hydrogens (primary N) is 1. The average molecular weight is 259 g/mol. The zero-order valence-corrected chi connectivity index (χ0v) is 13.2. The lowest BCUT2D eigenvalue weighted by Crippen LogP contribution is -1.85. The van der Waals surface area contributed by atoms with Crippen molar-refractivity contribution in [1.29, 1.82) is 0 Å². The average Bonchev–Trinajstić information content (AvgIpc) is 2.47. The van der Waals surface area contributed by atoms with Gasteiger partial charge < -0.3 is 5.73 Å². The molecule has 2 N–H and O–H groups in total. The fourth-order valence-corrected chi connectivity index (χ4v) is 0.738. The van der Waals surface area contributed by atoms with Crippen molar-refractivity contribution < 1.29 is 4.39 Å². The van der Waals surface area contributed by atoms with Crippen molar-refractivity contribution in [2.45, 2.75) is 60.8 Å². The first-order chi connectivity index (χ1) is 8.83. The Morgan fingerprint density at radius 2 is 0.889 bits per heavy atom. The predicted octanol–water partition coefficient (Wildman–Crippen LogP) is 5.81. The van der Waals surface area contributed by atoms with Gasteiger partial charge in [-0.1, -0.05) is 97.2 Å². The highest BCUT2D eigenvalue weighted by Crippen LogP contribution is 1.88. The molecule has 0 heterocycles. The number of hydrogen-bond donors (Lipinski definition) is 1. The number of hydrogen-bond acceptors (Lipinski definition) is 1. The van der Waals surface area contributed by atoms with Crippen molar-refractivity contribution in [2.24, 2.45) is 5.73 Å². The van der Waals surface area contributed by atoms with Crippen LogP contribution in [0, 0.1) is 0 Å². The van der Waals surface area contributed by atoms with Crippen LogP contribution in [0.5, 0.6) is 0 Å². The quantitative estimate of drug-likeness (QED) is 0.667. The molecule has 0 bridgehead atoms. The van der Waals surface area contributed by atoms with Crippen LogP contribution in [-0.2, 0) is 0 Å². The maximum Gasteiger partial charge on any atom is 0.138 e. The number of halogens is 1. The highest BCUT2D eigenvalue weighted by Gasteiger charge is 1.68. The Hall–Kier alpha value is -0.890. The van der Waals surface area contributed by atoms with Crippen molar-refractivity contribution >= 4 is 0 Å². The monoisotopic (exact) mass is 259 g/mol. The van der Waals surface area contributed by atoms with Crippen molar-refractivity contribution in [1.82, 2.24) is 0 Å². The van der Waals surface area contributed by atoms with Crippen LogP contribution < -0.4 is 5.73 Å². The van der Waals surface area contributed by atoms with E-state index in [-0.39, 0.29) is 0 Å². The number of benzene rings is 1. The van der Waals surface area contributed by atoms with Crippen LogP contribution in [0.15, 0.2) is 36.4 Å². The molecule has 0 aliphatic carbocycles. The molecule has 0 saturated heterocycles. The van der Waals surface area contributed by atoms with Gasteiger partial charge in [-0.3, -0.25) is 0 Å². The predicted molar refractivity (Wildman–Crippen MR) is 84.5 cm³/mol. The second kappa shape index (κ2) is 44.3. The first kappa shape index (κ1) is 25.8. The van der Waals surface area contributed by atoms with E-state index in [4.69, 9.17) is 0 Å². The zero-order chi connectivity index (χ0) is 15.1. The first-order valence-corrected chi connectivity index (χ1v) is 7.09. The Kier molecular flexibility index (Phi) is 63.6. The van der Waals surface area contributed by atoms with Crippen LogP contribution in [0.3, 0.4) is 0 Å². The van der Waals surface area contributed by atoms with Gasteiger partial charge in [-0.05, 0) is 0 Å². The summed E-state index contributed by atoms with van der Waals surface area (Å²) in [6.07, 6.45) is 4.08. The lowest BCUT2D eigenvalue weighted by atomic mass is 10.3. The summed E-state index contributed by atoms with van der Waals surface area (Å²) in [5, 5.41) is 0. The van der Waals surface area contributed by atoms with Gasteiger partial charge in [0, 0.05) is 0 Å². The molecule has 1 aromatic carbocycles. The fourth-order valence-electron chi connectivity index (χ4n) is 0.738. The van der Waals surface area contributed by atoms with Crippen molar-refractivity contribution in [3.8, 4) is 0 Å². The third-order valence-corrected chi connectivity index (χ3v) is 1.37. The van der Waals surface area contributed by atoms with Gasteiger partial charge in [0.25, 0.3) is 0 Å². The normalized spacial score (nSPS) is 6.67. The van der Waals surface area contributed by atoms with Crippen molar-refractivity contribution in [3.05, 3.63) is 36.4 Å². The van der Waals surface area contributed by atoms with E-state index >= 15 is 0 Å². The summed E-state index contributed by atoms with van der Waals surface area (Å²) in [4.78, 5) is 0. The van der Waals surface area contributed by atoms with E-state index in [1.807, 2.05) is 64.1 Å². The third-order valence-electron chi connectivity index (χ3n) is 1.37. The Labute approximate surface area is 115 Å². The first-order valence-electron chi connectivity index (χ1n) is 7.09. The van der Waals surface area contributed by atoms with Gasteiger partial charge >= 0.3 is 0 Å². The molecule has 0 aromatic heterocycles. The van der Waals surface area contributed by atoms with E-state index < -0.39 is 6.80 Å². The minimum atomic E-state index is -0.750. The maximum atomic E-state index is 10.1. The van der Waals surface area contributed by atoms with Crippen LogP contribution in [0.4, 0.5) is 4.39 Å². The molecule has 0 unspecified atom stereocenters. The molecule has 0 radical (unpaired) electrons. The largest absolute Gasteiger partial charge is 0.304 e. The van der Waals surface area contributed by atoms with Gasteiger partial charge in [-0.15, -0.1) is 0 Å². The van der Waals surface area contributed by atoms with Gasteiger partial charge in [-0.25, -0.2) is 4.39 Å². The molecule has 0 saturated carbocycles. The number of unbranched alkanes of at least 4 members (excludes halogenated alkanes) is 2. The van der Waals surface area contributed by atoms with Crippen LogP contribution in [0.2, 0.25) is 0 Å². The summed E-state index contributed by atoms with van der Waals surface area (Å²) < 4.78 is 10.1. The Bertz CT molecular complexity index is 126.